The number of hydrogen-bond donors (Lipinski definition) is 2. The number of ether oxygens (including phenoxy) is 1. The number of hydrogen-bond acceptors (Lipinski definition) is 4. The quantitative estimate of drug-likeness (QED) is 0.811. The molecular formula is C19H26N4O2. The third kappa shape index (κ3) is 4.82. The first-order valence-corrected chi connectivity index (χ1v) is 9.02. The molecule has 1 aromatic carbocycles. The van der Waals surface area contributed by atoms with Gasteiger partial charge in [0.15, 0.2) is 0 Å². The molecule has 0 spiro atoms. The van der Waals surface area contributed by atoms with Crippen LogP contribution in [0, 0.1) is 0 Å². The minimum absolute atomic E-state index is 0.145. The van der Waals surface area contributed by atoms with E-state index in [9.17, 15) is 4.79 Å². The summed E-state index contributed by atoms with van der Waals surface area (Å²) in [5.74, 6) is 0.714. The van der Waals surface area contributed by atoms with Crippen LogP contribution >= 0.6 is 0 Å². The molecule has 1 atom stereocenters. The van der Waals surface area contributed by atoms with E-state index in [4.69, 9.17) is 4.74 Å². The molecule has 0 aliphatic carbocycles. The van der Waals surface area contributed by atoms with Crippen LogP contribution in [0.4, 0.5) is 0 Å². The number of nitrogens with zero attached hydrogens (tertiary/aromatic N) is 2. The van der Waals surface area contributed by atoms with Gasteiger partial charge >= 0.3 is 0 Å². The van der Waals surface area contributed by atoms with E-state index in [-0.39, 0.29) is 5.91 Å². The topological polar surface area (TPSA) is 68.2 Å². The molecule has 0 bridgehead atoms. The van der Waals surface area contributed by atoms with Crippen LogP contribution < -0.4 is 15.4 Å². The highest BCUT2D eigenvalue weighted by Gasteiger charge is 2.17. The third-order valence-electron chi connectivity index (χ3n) is 4.34. The summed E-state index contributed by atoms with van der Waals surface area (Å²) in [6.07, 6.45) is 5.13. The van der Waals surface area contributed by atoms with Gasteiger partial charge in [0.2, 0.25) is 0 Å². The van der Waals surface area contributed by atoms with E-state index in [1.54, 1.807) is 6.07 Å². The fraction of sp³-hybridized carbons (Fsp3) is 0.474. The Morgan fingerprint density at radius 1 is 1.36 bits per heavy atom. The van der Waals surface area contributed by atoms with Crippen molar-refractivity contribution in [3.63, 3.8) is 0 Å². The summed E-state index contributed by atoms with van der Waals surface area (Å²) in [5, 5.41) is 10.7. The van der Waals surface area contributed by atoms with E-state index in [0.717, 1.165) is 50.3 Å². The average molecular weight is 342 g/mol. The highest BCUT2D eigenvalue weighted by Crippen LogP contribution is 2.16. The van der Waals surface area contributed by atoms with Crippen molar-refractivity contribution in [3.8, 4) is 5.75 Å². The molecular weight excluding hydrogens is 316 g/mol. The lowest BCUT2D eigenvalue weighted by atomic mass is 10.1. The molecule has 0 radical (unpaired) electrons. The van der Waals surface area contributed by atoms with Gasteiger partial charge in [-0.2, -0.15) is 5.10 Å². The lowest BCUT2D eigenvalue weighted by Crippen LogP contribution is -2.32. The smallest absolute Gasteiger partial charge is 0.272 e. The van der Waals surface area contributed by atoms with Crippen molar-refractivity contribution in [2.24, 2.45) is 0 Å². The number of aromatic nitrogens is 2. The molecule has 1 aliphatic heterocycles. The van der Waals surface area contributed by atoms with Crippen LogP contribution in [0.25, 0.3) is 0 Å². The number of benzene rings is 1. The zero-order valence-electron chi connectivity index (χ0n) is 14.7. The van der Waals surface area contributed by atoms with Crippen LogP contribution in [0.5, 0.6) is 5.75 Å². The molecule has 134 valence electrons. The second-order valence-corrected chi connectivity index (χ2v) is 6.36. The first-order valence-electron chi connectivity index (χ1n) is 9.02. The van der Waals surface area contributed by atoms with Crippen molar-refractivity contribution in [1.29, 1.82) is 0 Å². The van der Waals surface area contributed by atoms with Gasteiger partial charge in [-0.15, -0.1) is 0 Å². The molecule has 1 aromatic heterocycles. The van der Waals surface area contributed by atoms with Gasteiger partial charge in [-0.3, -0.25) is 9.48 Å². The molecule has 6 nitrogen and oxygen atoms in total. The normalized spacial score (nSPS) is 17.2. The number of amides is 1. The number of piperidine rings is 1. The summed E-state index contributed by atoms with van der Waals surface area (Å²) in [6, 6.07) is 9.93. The predicted molar refractivity (Wildman–Crippen MR) is 96.8 cm³/mol. The lowest BCUT2D eigenvalue weighted by Gasteiger charge is -2.22. The van der Waals surface area contributed by atoms with E-state index < -0.39 is 0 Å². The number of nitrogens with one attached hydrogen (secondary N) is 2. The number of carbonyl (C=O) groups excluding carboxylic acids is 1. The van der Waals surface area contributed by atoms with Crippen LogP contribution in [0.1, 0.15) is 48.3 Å². The number of rotatable bonds is 7. The first-order chi connectivity index (χ1) is 12.3. The van der Waals surface area contributed by atoms with Crippen molar-refractivity contribution in [3.05, 3.63) is 47.8 Å². The van der Waals surface area contributed by atoms with Crippen LogP contribution in [-0.4, -0.2) is 35.4 Å². The van der Waals surface area contributed by atoms with E-state index >= 15 is 0 Å². The van der Waals surface area contributed by atoms with Gasteiger partial charge in [-0.1, -0.05) is 19.1 Å². The Morgan fingerprint density at radius 2 is 2.20 bits per heavy atom. The maximum atomic E-state index is 12.3. The predicted octanol–water partition coefficient (Wildman–Crippen LogP) is 2.53. The maximum absolute atomic E-state index is 12.3. The summed E-state index contributed by atoms with van der Waals surface area (Å²) >= 11 is 0. The van der Waals surface area contributed by atoms with Gasteiger partial charge in [0.05, 0.1) is 12.6 Å². The second-order valence-electron chi connectivity index (χ2n) is 6.36. The van der Waals surface area contributed by atoms with E-state index in [1.165, 1.54) is 0 Å². The minimum atomic E-state index is -0.145. The highest BCUT2D eigenvalue weighted by atomic mass is 16.5. The van der Waals surface area contributed by atoms with Crippen molar-refractivity contribution in [2.45, 2.75) is 38.8 Å². The Labute approximate surface area is 148 Å². The highest BCUT2D eigenvalue weighted by molar-refractivity contribution is 5.92. The van der Waals surface area contributed by atoms with Crippen molar-refractivity contribution >= 4 is 5.91 Å². The van der Waals surface area contributed by atoms with Crippen LogP contribution in [0.3, 0.4) is 0 Å². The first kappa shape index (κ1) is 17.5. The summed E-state index contributed by atoms with van der Waals surface area (Å²) in [4.78, 5) is 12.3. The third-order valence-corrected chi connectivity index (χ3v) is 4.34. The van der Waals surface area contributed by atoms with Gasteiger partial charge in [0.25, 0.3) is 5.91 Å². The molecule has 1 fully saturated rings. The average Bonchev–Trinajstić information content (AvgIpc) is 3.16. The largest absolute Gasteiger partial charge is 0.494 e. The van der Waals surface area contributed by atoms with Gasteiger partial charge in [-0.05, 0) is 49.6 Å². The summed E-state index contributed by atoms with van der Waals surface area (Å²) in [7, 11) is 0. The van der Waals surface area contributed by atoms with Gasteiger partial charge < -0.3 is 15.4 Å². The molecule has 1 aliphatic rings. The van der Waals surface area contributed by atoms with Gasteiger partial charge in [0.1, 0.15) is 11.4 Å². The van der Waals surface area contributed by atoms with Crippen LogP contribution in [0.2, 0.25) is 0 Å². The van der Waals surface area contributed by atoms with Gasteiger partial charge in [-0.25, -0.2) is 0 Å². The molecule has 2 N–H and O–H groups in total. The molecule has 1 unspecified atom stereocenters. The molecule has 2 aromatic rings. The van der Waals surface area contributed by atoms with Crippen molar-refractivity contribution in [2.75, 3.05) is 19.7 Å². The Kier molecular flexibility index (Phi) is 6.06. The van der Waals surface area contributed by atoms with Crippen molar-refractivity contribution < 1.29 is 9.53 Å². The zero-order chi connectivity index (χ0) is 17.5. The molecule has 25 heavy (non-hydrogen) atoms. The van der Waals surface area contributed by atoms with E-state index in [2.05, 4.69) is 22.7 Å². The van der Waals surface area contributed by atoms with E-state index in [1.807, 2.05) is 35.1 Å². The molecule has 0 saturated carbocycles. The standard InChI is InChI=1S/C19H26N4O2/c1-2-12-25-17-7-5-15(6-8-17)13-21-19(24)18-9-11-23(22-18)16-4-3-10-20-14-16/h5-9,11,16,20H,2-4,10,12-14H2,1H3,(H,21,24). The molecule has 2 heterocycles. The van der Waals surface area contributed by atoms with Crippen LogP contribution in [0.15, 0.2) is 36.5 Å². The maximum Gasteiger partial charge on any atom is 0.272 e. The second kappa shape index (κ2) is 8.67. The monoisotopic (exact) mass is 342 g/mol. The fourth-order valence-electron chi connectivity index (χ4n) is 2.92. The Bertz CT molecular complexity index is 675. The Hall–Kier alpha value is -2.34. The molecule has 1 amide bonds. The summed E-state index contributed by atoms with van der Waals surface area (Å²) in [5.41, 5.74) is 1.50. The molecule has 3 rings (SSSR count). The Morgan fingerprint density at radius 3 is 2.92 bits per heavy atom. The minimum Gasteiger partial charge on any atom is -0.494 e. The van der Waals surface area contributed by atoms with Crippen LogP contribution in [-0.2, 0) is 6.54 Å². The zero-order valence-corrected chi connectivity index (χ0v) is 14.7. The summed E-state index contributed by atoms with van der Waals surface area (Å²) < 4.78 is 7.46. The van der Waals surface area contributed by atoms with E-state index in [0.29, 0.717) is 18.3 Å². The lowest BCUT2D eigenvalue weighted by molar-refractivity contribution is 0.0944. The number of carbonyl (C=O) groups is 1. The SMILES string of the molecule is CCCOc1ccc(CNC(=O)c2ccn(C3CCCNC3)n2)cc1. The van der Waals surface area contributed by atoms with Crippen molar-refractivity contribution in [1.82, 2.24) is 20.4 Å². The van der Waals surface area contributed by atoms with Gasteiger partial charge in [0, 0.05) is 19.3 Å². The Balaban J connectivity index is 1.51. The fourth-order valence-corrected chi connectivity index (χ4v) is 2.92. The summed E-state index contributed by atoms with van der Waals surface area (Å²) in [6.45, 7) is 5.25. The molecule has 6 heteroatoms. The molecule has 1 saturated heterocycles.